The first-order chi connectivity index (χ1) is 10.8. The molecule has 0 aliphatic rings. The first-order valence-corrected chi connectivity index (χ1v) is 7.18. The molecule has 0 saturated carbocycles. The standard InChI is InChI=1S/C19H11NO2/c21-19-15-8-4-2-6-13(15)11-17-20(19)18-14-7-3-1-5-12(14)9-10-16(18)22-17/h1-11H. The largest absolute Gasteiger partial charge is 0.438 e. The highest BCUT2D eigenvalue weighted by Crippen LogP contribution is 2.28. The van der Waals surface area contributed by atoms with Crippen LogP contribution in [0.1, 0.15) is 0 Å². The molecule has 104 valence electrons. The van der Waals surface area contributed by atoms with Crippen molar-refractivity contribution >= 4 is 38.4 Å². The molecule has 5 aromatic rings. The molecular weight excluding hydrogens is 274 g/mol. The SMILES string of the molecule is O=c1c2ccccc2cc2oc3ccc4ccccc4c3n12. The van der Waals surface area contributed by atoms with Crippen molar-refractivity contribution in [2.24, 2.45) is 0 Å². The first kappa shape index (κ1) is 11.6. The zero-order valence-corrected chi connectivity index (χ0v) is 11.6. The number of oxazole rings is 1. The minimum absolute atomic E-state index is 0.0387. The lowest BCUT2D eigenvalue weighted by Crippen LogP contribution is -2.12. The lowest BCUT2D eigenvalue weighted by Gasteiger charge is -2.01. The van der Waals surface area contributed by atoms with E-state index >= 15 is 0 Å². The van der Waals surface area contributed by atoms with Gasteiger partial charge in [0.1, 0.15) is 5.52 Å². The Kier molecular flexibility index (Phi) is 2.09. The van der Waals surface area contributed by atoms with Crippen molar-refractivity contribution in [1.82, 2.24) is 4.40 Å². The van der Waals surface area contributed by atoms with Crippen LogP contribution in [-0.4, -0.2) is 4.40 Å². The Balaban J connectivity index is 2.16. The van der Waals surface area contributed by atoms with E-state index in [0.717, 1.165) is 27.3 Å². The van der Waals surface area contributed by atoms with Gasteiger partial charge in [0.2, 0.25) is 5.71 Å². The molecule has 22 heavy (non-hydrogen) atoms. The van der Waals surface area contributed by atoms with Crippen LogP contribution in [0.15, 0.2) is 75.9 Å². The quantitative estimate of drug-likeness (QED) is 0.424. The second kappa shape index (κ2) is 3.98. The third-order valence-corrected chi connectivity index (χ3v) is 4.20. The van der Waals surface area contributed by atoms with Gasteiger partial charge in [0, 0.05) is 16.8 Å². The molecule has 0 radical (unpaired) electrons. The number of pyridine rings is 1. The zero-order valence-electron chi connectivity index (χ0n) is 11.6. The molecule has 0 fully saturated rings. The molecule has 0 aliphatic carbocycles. The molecule has 0 atom stereocenters. The first-order valence-electron chi connectivity index (χ1n) is 7.18. The van der Waals surface area contributed by atoms with E-state index in [1.54, 1.807) is 4.40 Å². The number of benzene rings is 3. The average Bonchev–Trinajstić information content (AvgIpc) is 2.94. The minimum Gasteiger partial charge on any atom is -0.438 e. The van der Waals surface area contributed by atoms with Gasteiger partial charge in [-0.3, -0.25) is 4.79 Å². The van der Waals surface area contributed by atoms with Crippen LogP contribution in [0.4, 0.5) is 0 Å². The monoisotopic (exact) mass is 285 g/mol. The number of hydrogen-bond donors (Lipinski definition) is 0. The third kappa shape index (κ3) is 1.37. The highest BCUT2D eigenvalue weighted by molar-refractivity contribution is 6.05. The van der Waals surface area contributed by atoms with Crippen molar-refractivity contribution in [2.45, 2.75) is 0 Å². The van der Waals surface area contributed by atoms with Crippen molar-refractivity contribution < 1.29 is 4.42 Å². The topological polar surface area (TPSA) is 34.6 Å². The molecule has 2 aromatic heterocycles. The van der Waals surface area contributed by atoms with Gasteiger partial charge in [-0.15, -0.1) is 0 Å². The summed E-state index contributed by atoms with van der Waals surface area (Å²) >= 11 is 0. The van der Waals surface area contributed by atoms with Gasteiger partial charge in [0.25, 0.3) is 5.56 Å². The zero-order chi connectivity index (χ0) is 14.7. The fraction of sp³-hybridized carbons (Fsp3) is 0. The summed E-state index contributed by atoms with van der Waals surface area (Å²) < 4.78 is 7.59. The van der Waals surface area contributed by atoms with Crippen LogP contribution < -0.4 is 5.56 Å². The maximum atomic E-state index is 12.9. The van der Waals surface area contributed by atoms with E-state index in [-0.39, 0.29) is 5.56 Å². The lowest BCUT2D eigenvalue weighted by atomic mass is 10.1. The van der Waals surface area contributed by atoms with Gasteiger partial charge in [0.15, 0.2) is 5.58 Å². The van der Waals surface area contributed by atoms with Gasteiger partial charge in [-0.1, -0.05) is 48.5 Å². The van der Waals surface area contributed by atoms with Crippen molar-refractivity contribution in [2.75, 3.05) is 0 Å². The molecule has 0 N–H and O–H groups in total. The van der Waals surface area contributed by atoms with Gasteiger partial charge in [-0.25, -0.2) is 4.40 Å². The number of rotatable bonds is 0. The maximum Gasteiger partial charge on any atom is 0.265 e. The Labute approximate surface area is 125 Å². The van der Waals surface area contributed by atoms with E-state index in [9.17, 15) is 4.79 Å². The summed E-state index contributed by atoms with van der Waals surface area (Å²) in [5, 5.41) is 3.72. The highest BCUT2D eigenvalue weighted by atomic mass is 16.3. The predicted molar refractivity (Wildman–Crippen MR) is 88.5 cm³/mol. The molecule has 0 saturated heterocycles. The van der Waals surface area contributed by atoms with E-state index in [0.29, 0.717) is 11.1 Å². The summed E-state index contributed by atoms with van der Waals surface area (Å²) in [6, 6.07) is 21.5. The van der Waals surface area contributed by atoms with Crippen molar-refractivity contribution in [3.63, 3.8) is 0 Å². The van der Waals surface area contributed by atoms with Gasteiger partial charge < -0.3 is 4.42 Å². The molecule has 0 spiro atoms. The molecule has 0 bridgehead atoms. The van der Waals surface area contributed by atoms with Crippen LogP contribution in [0.5, 0.6) is 0 Å². The summed E-state index contributed by atoms with van der Waals surface area (Å²) in [5.41, 5.74) is 2.10. The summed E-state index contributed by atoms with van der Waals surface area (Å²) in [6.45, 7) is 0. The molecule has 0 amide bonds. The molecule has 0 unspecified atom stereocenters. The van der Waals surface area contributed by atoms with Crippen LogP contribution in [0.2, 0.25) is 0 Å². The van der Waals surface area contributed by atoms with Crippen LogP contribution in [0.3, 0.4) is 0 Å². The van der Waals surface area contributed by atoms with E-state index < -0.39 is 0 Å². The summed E-state index contributed by atoms with van der Waals surface area (Å²) in [6.07, 6.45) is 0. The molecule has 0 aliphatic heterocycles. The number of nitrogens with zero attached hydrogens (tertiary/aromatic N) is 1. The van der Waals surface area contributed by atoms with E-state index in [2.05, 4.69) is 0 Å². The van der Waals surface area contributed by atoms with Crippen LogP contribution in [-0.2, 0) is 0 Å². The fourth-order valence-corrected chi connectivity index (χ4v) is 3.18. The number of hydrogen-bond acceptors (Lipinski definition) is 2. The molecule has 5 rings (SSSR count). The minimum atomic E-state index is -0.0387. The Hall–Kier alpha value is -3.07. The Morgan fingerprint density at radius 3 is 2.36 bits per heavy atom. The van der Waals surface area contributed by atoms with Crippen molar-refractivity contribution in [3.05, 3.63) is 77.1 Å². The second-order valence-corrected chi connectivity index (χ2v) is 5.45. The highest BCUT2D eigenvalue weighted by Gasteiger charge is 2.13. The van der Waals surface area contributed by atoms with Gasteiger partial charge in [0.05, 0.1) is 0 Å². The van der Waals surface area contributed by atoms with Crippen molar-refractivity contribution in [1.29, 1.82) is 0 Å². The van der Waals surface area contributed by atoms with E-state index in [4.69, 9.17) is 4.42 Å². The Bertz CT molecular complexity index is 1240. The fourth-order valence-electron chi connectivity index (χ4n) is 3.18. The second-order valence-electron chi connectivity index (χ2n) is 5.45. The molecule has 3 aromatic carbocycles. The van der Waals surface area contributed by atoms with Crippen LogP contribution in [0.25, 0.3) is 38.4 Å². The van der Waals surface area contributed by atoms with E-state index in [1.165, 1.54) is 0 Å². The van der Waals surface area contributed by atoms with Gasteiger partial charge >= 0.3 is 0 Å². The maximum absolute atomic E-state index is 12.9. The summed E-state index contributed by atoms with van der Waals surface area (Å²) in [4.78, 5) is 12.9. The normalized spacial score (nSPS) is 11.8. The van der Waals surface area contributed by atoms with Gasteiger partial charge in [-0.2, -0.15) is 0 Å². The third-order valence-electron chi connectivity index (χ3n) is 4.20. The smallest absolute Gasteiger partial charge is 0.265 e. The molecule has 2 heterocycles. The van der Waals surface area contributed by atoms with E-state index in [1.807, 2.05) is 66.7 Å². The summed E-state index contributed by atoms with van der Waals surface area (Å²) in [5.74, 6) is 0. The lowest BCUT2D eigenvalue weighted by molar-refractivity contribution is 0.653. The molecule has 3 nitrogen and oxygen atoms in total. The number of fused-ring (bicyclic) bond motifs is 6. The number of aromatic nitrogens is 1. The Morgan fingerprint density at radius 1 is 0.773 bits per heavy atom. The molecular formula is C19H11NO2. The molecule has 3 heteroatoms. The summed E-state index contributed by atoms with van der Waals surface area (Å²) in [7, 11) is 0. The Morgan fingerprint density at radius 2 is 1.50 bits per heavy atom. The van der Waals surface area contributed by atoms with Crippen molar-refractivity contribution in [3.8, 4) is 0 Å². The van der Waals surface area contributed by atoms with Gasteiger partial charge in [-0.05, 0) is 22.9 Å². The average molecular weight is 285 g/mol. The van der Waals surface area contributed by atoms with Crippen LogP contribution in [0, 0.1) is 0 Å². The predicted octanol–water partition coefficient (Wildman–Crippen LogP) is 4.35. The van der Waals surface area contributed by atoms with Crippen LogP contribution >= 0.6 is 0 Å².